The molecule has 0 aliphatic heterocycles. The molecule has 5 heteroatoms. The molecule has 0 aliphatic carbocycles. The highest BCUT2D eigenvalue weighted by Crippen LogP contribution is 2.23. The molecule has 0 spiro atoms. The van der Waals surface area contributed by atoms with Gasteiger partial charge in [0.25, 0.3) is 0 Å². The van der Waals surface area contributed by atoms with E-state index >= 15 is 0 Å². The number of nitrogens with two attached hydrogens (primary N) is 1. The Kier molecular flexibility index (Phi) is 2.62. The third-order valence-electron chi connectivity index (χ3n) is 2.89. The molecule has 2 N–H and O–H groups in total. The lowest BCUT2D eigenvalue weighted by Crippen LogP contribution is -1.96. The molecule has 0 fully saturated rings. The number of nitriles is 1. The highest BCUT2D eigenvalue weighted by atomic mass is 15.0. The van der Waals surface area contributed by atoms with E-state index in [0.717, 1.165) is 22.7 Å². The van der Waals surface area contributed by atoms with Gasteiger partial charge in [-0.2, -0.15) is 5.26 Å². The fourth-order valence-corrected chi connectivity index (χ4v) is 2.06. The maximum absolute atomic E-state index is 9.00. The van der Waals surface area contributed by atoms with Crippen LogP contribution in [0.5, 0.6) is 0 Å². The molecule has 0 saturated heterocycles. The second kappa shape index (κ2) is 4.42. The van der Waals surface area contributed by atoms with Crippen LogP contribution in [0.1, 0.15) is 5.69 Å². The van der Waals surface area contributed by atoms with Gasteiger partial charge >= 0.3 is 0 Å². The van der Waals surface area contributed by atoms with E-state index < -0.39 is 0 Å². The molecule has 0 radical (unpaired) electrons. The van der Waals surface area contributed by atoms with E-state index in [2.05, 4.69) is 16.0 Å². The van der Waals surface area contributed by atoms with Crippen LogP contribution in [0.4, 0.5) is 5.69 Å². The summed E-state index contributed by atoms with van der Waals surface area (Å²) in [7, 11) is 0. The van der Waals surface area contributed by atoms with Crippen molar-refractivity contribution >= 4 is 11.3 Å². The quantitative estimate of drug-likeness (QED) is 0.753. The predicted octanol–water partition coefficient (Wildman–Crippen LogP) is 2.04. The van der Waals surface area contributed by atoms with Gasteiger partial charge < -0.3 is 10.1 Å². The Morgan fingerprint density at radius 1 is 1.26 bits per heavy atom. The molecular formula is C14H11N5. The summed E-state index contributed by atoms with van der Waals surface area (Å²) in [5.41, 5.74) is 9.49. The average Bonchev–Trinajstić information content (AvgIpc) is 2.79. The molecule has 3 rings (SSSR count). The maximum Gasteiger partial charge on any atom is 0.137 e. The Morgan fingerprint density at radius 3 is 2.89 bits per heavy atom. The number of nitrogen functional groups attached to an aromatic ring is 1. The number of anilines is 1. The lowest BCUT2D eigenvalue weighted by molar-refractivity contribution is 1.06. The molecule has 0 aromatic carbocycles. The largest absolute Gasteiger partial charge is 0.398 e. The minimum absolute atomic E-state index is 0.260. The van der Waals surface area contributed by atoms with E-state index in [0.29, 0.717) is 5.69 Å². The Morgan fingerprint density at radius 2 is 2.16 bits per heavy atom. The topological polar surface area (TPSA) is 80.0 Å². The average molecular weight is 249 g/mol. The van der Waals surface area contributed by atoms with E-state index in [1.165, 1.54) is 0 Å². The summed E-state index contributed by atoms with van der Waals surface area (Å²) in [5.74, 6) is 0. The van der Waals surface area contributed by atoms with Crippen LogP contribution in [0.2, 0.25) is 0 Å². The number of imidazole rings is 1. The first-order chi connectivity index (χ1) is 9.29. The number of hydrogen-bond acceptors (Lipinski definition) is 4. The second-order valence-electron chi connectivity index (χ2n) is 4.15. The van der Waals surface area contributed by atoms with Crippen molar-refractivity contribution in [3.05, 3.63) is 48.4 Å². The zero-order valence-electron chi connectivity index (χ0n) is 10.1. The first-order valence-electron chi connectivity index (χ1n) is 5.84. The van der Waals surface area contributed by atoms with Gasteiger partial charge in [0.2, 0.25) is 0 Å². The zero-order valence-corrected chi connectivity index (χ0v) is 10.1. The van der Waals surface area contributed by atoms with Crippen LogP contribution < -0.4 is 5.73 Å². The molecular weight excluding hydrogens is 238 g/mol. The Bertz CT molecular complexity index is 768. The highest BCUT2D eigenvalue weighted by molar-refractivity contribution is 5.64. The third kappa shape index (κ3) is 1.89. The fraction of sp³-hybridized carbons (Fsp3) is 0.0714. The molecule has 5 nitrogen and oxygen atoms in total. The first-order valence-corrected chi connectivity index (χ1v) is 5.84. The van der Waals surface area contributed by atoms with Gasteiger partial charge in [-0.25, -0.2) is 4.98 Å². The third-order valence-corrected chi connectivity index (χ3v) is 2.89. The number of hydrogen-bond donors (Lipinski definition) is 1. The molecule has 0 aliphatic rings. The molecule has 0 atom stereocenters. The summed E-state index contributed by atoms with van der Waals surface area (Å²) in [6.45, 7) is 0. The van der Waals surface area contributed by atoms with Crippen molar-refractivity contribution in [3.8, 4) is 17.5 Å². The highest BCUT2D eigenvalue weighted by Gasteiger charge is 2.14. The lowest BCUT2D eigenvalue weighted by atomic mass is 10.2. The summed E-state index contributed by atoms with van der Waals surface area (Å²) in [4.78, 5) is 8.83. The number of pyridine rings is 2. The van der Waals surface area contributed by atoms with E-state index in [1.807, 2.05) is 28.7 Å². The van der Waals surface area contributed by atoms with Gasteiger partial charge in [0.1, 0.15) is 11.3 Å². The molecule has 0 saturated carbocycles. The van der Waals surface area contributed by atoms with Crippen molar-refractivity contribution < 1.29 is 0 Å². The molecule has 0 bridgehead atoms. The van der Waals surface area contributed by atoms with Gasteiger partial charge in [0, 0.05) is 18.1 Å². The maximum atomic E-state index is 9.00. The second-order valence-corrected chi connectivity index (χ2v) is 4.15. The van der Waals surface area contributed by atoms with Crippen LogP contribution in [0.3, 0.4) is 0 Å². The molecule has 3 aromatic rings. The van der Waals surface area contributed by atoms with E-state index in [9.17, 15) is 0 Å². The summed E-state index contributed by atoms with van der Waals surface area (Å²) in [6, 6.07) is 11.4. The monoisotopic (exact) mass is 249 g/mol. The van der Waals surface area contributed by atoms with Gasteiger partial charge in [-0.1, -0.05) is 6.07 Å². The van der Waals surface area contributed by atoms with Crippen LogP contribution in [0, 0.1) is 11.3 Å². The summed E-state index contributed by atoms with van der Waals surface area (Å²) < 4.78 is 1.85. The predicted molar refractivity (Wildman–Crippen MR) is 72.2 cm³/mol. The standard InChI is InChI=1S/C14H11N5/c15-7-6-12-14(11-3-1-2-8-17-11)18-13-5-4-10(16)9-19(12)13/h1-5,8-9H,6,16H2. The van der Waals surface area contributed by atoms with Crippen LogP contribution in [0.15, 0.2) is 42.7 Å². The Labute approximate surface area is 110 Å². The van der Waals surface area contributed by atoms with E-state index in [4.69, 9.17) is 11.0 Å². The fourth-order valence-electron chi connectivity index (χ4n) is 2.06. The molecule has 3 heterocycles. The Balaban J connectivity index is 2.30. The van der Waals surface area contributed by atoms with Gasteiger partial charge in [-0.05, 0) is 24.3 Å². The summed E-state index contributed by atoms with van der Waals surface area (Å²) in [6.07, 6.45) is 3.75. The number of aromatic nitrogens is 3. The van der Waals surface area contributed by atoms with Crippen LogP contribution in [0.25, 0.3) is 17.0 Å². The van der Waals surface area contributed by atoms with Crippen LogP contribution in [-0.2, 0) is 6.42 Å². The summed E-state index contributed by atoms with van der Waals surface area (Å²) in [5, 5.41) is 9.00. The Hall–Kier alpha value is -2.87. The van der Waals surface area contributed by atoms with Crippen molar-refractivity contribution in [2.24, 2.45) is 0 Å². The van der Waals surface area contributed by atoms with Gasteiger partial charge in [-0.3, -0.25) is 4.98 Å². The minimum Gasteiger partial charge on any atom is -0.398 e. The van der Waals surface area contributed by atoms with E-state index in [1.54, 1.807) is 18.5 Å². The normalized spacial score (nSPS) is 10.5. The van der Waals surface area contributed by atoms with Gasteiger partial charge in [-0.15, -0.1) is 0 Å². The van der Waals surface area contributed by atoms with Crippen molar-refractivity contribution in [2.45, 2.75) is 6.42 Å². The SMILES string of the molecule is N#CCc1c(-c2ccccn2)nc2ccc(N)cn12. The van der Waals surface area contributed by atoms with Crippen molar-refractivity contribution in [1.29, 1.82) is 5.26 Å². The lowest BCUT2D eigenvalue weighted by Gasteiger charge is -2.01. The molecule has 0 amide bonds. The molecule has 19 heavy (non-hydrogen) atoms. The van der Waals surface area contributed by atoms with Crippen LogP contribution >= 0.6 is 0 Å². The number of fused-ring (bicyclic) bond motifs is 1. The zero-order chi connectivity index (χ0) is 13.2. The number of rotatable bonds is 2. The number of nitrogens with zero attached hydrogens (tertiary/aromatic N) is 4. The molecule has 0 unspecified atom stereocenters. The first kappa shape index (κ1) is 11.2. The molecule has 92 valence electrons. The van der Waals surface area contributed by atoms with Gasteiger partial charge in [0.15, 0.2) is 0 Å². The van der Waals surface area contributed by atoms with Crippen molar-refractivity contribution in [3.63, 3.8) is 0 Å². The smallest absolute Gasteiger partial charge is 0.137 e. The minimum atomic E-state index is 0.260. The van der Waals surface area contributed by atoms with Crippen molar-refractivity contribution in [1.82, 2.24) is 14.4 Å². The molecule has 3 aromatic heterocycles. The summed E-state index contributed by atoms with van der Waals surface area (Å²) >= 11 is 0. The van der Waals surface area contributed by atoms with Crippen LogP contribution in [-0.4, -0.2) is 14.4 Å². The van der Waals surface area contributed by atoms with Crippen molar-refractivity contribution in [2.75, 3.05) is 5.73 Å². The van der Waals surface area contributed by atoms with E-state index in [-0.39, 0.29) is 6.42 Å². The van der Waals surface area contributed by atoms with Gasteiger partial charge in [0.05, 0.1) is 23.9 Å².